The summed E-state index contributed by atoms with van der Waals surface area (Å²) in [4.78, 5) is 19.4. The number of carbonyl (C=O) groups is 1. The van der Waals surface area contributed by atoms with Gasteiger partial charge in [0.05, 0.1) is 12.2 Å². The van der Waals surface area contributed by atoms with Crippen LogP contribution in [0.15, 0.2) is 40.7 Å². The summed E-state index contributed by atoms with van der Waals surface area (Å²) in [6.45, 7) is 1.27. The first-order chi connectivity index (χ1) is 9.33. The number of carbonyl (C=O) groups excluding carboxylic acids is 1. The topological polar surface area (TPSA) is 45.2 Å². The first kappa shape index (κ1) is 12.5. The second-order valence-corrected chi connectivity index (χ2v) is 6.15. The minimum Gasteiger partial charge on any atom is -0.360 e. The summed E-state index contributed by atoms with van der Waals surface area (Å²) in [6.07, 6.45) is 1.69. The van der Waals surface area contributed by atoms with Crippen LogP contribution in [0.1, 0.15) is 0 Å². The van der Waals surface area contributed by atoms with Gasteiger partial charge in [-0.25, -0.2) is 4.98 Å². The van der Waals surface area contributed by atoms with Crippen molar-refractivity contribution < 1.29 is 4.79 Å². The van der Waals surface area contributed by atoms with Crippen LogP contribution in [0.3, 0.4) is 0 Å². The number of aromatic nitrogens is 1. The molecule has 0 bridgehead atoms. The molecule has 1 aromatic carbocycles. The van der Waals surface area contributed by atoms with Gasteiger partial charge in [-0.1, -0.05) is 12.1 Å². The second-order valence-electron chi connectivity index (χ2n) is 4.12. The van der Waals surface area contributed by atoms with E-state index in [9.17, 15) is 4.79 Å². The summed E-state index contributed by atoms with van der Waals surface area (Å²) >= 11 is 3.27. The lowest BCUT2D eigenvalue weighted by Crippen LogP contribution is -2.36. The Morgan fingerprint density at radius 3 is 3.16 bits per heavy atom. The maximum atomic E-state index is 12.0. The lowest BCUT2D eigenvalue weighted by molar-refractivity contribution is -0.115. The Labute approximate surface area is 119 Å². The SMILES string of the molecule is O=C(CN1CCSc2ccccc21)Nc1nccs1. The van der Waals surface area contributed by atoms with Crippen molar-refractivity contribution in [2.24, 2.45) is 0 Å². The Kier molecular flexibility index (Phi) is 3.70. The van der Waals surface area contributed by atoms with Gasteiger partial charge in [-0.15, -0.1) is 23.1 Å². The highest BCUT2D eigenvalue weighted by atomic mass is 32.2. The molecule has 0 radical (unpaired) electrons. The Bertz CT molecular complexity index is 571. The molecule has 6 heteroatoms. The number of hydrogen-bond donors (Lipinski definition) is 1. The van der Waals surface area contributed by atoms with Gasteiger partial charge in [0.25, 0.3) is 0 Å². The number of thiazole rings is 1. The zero-order chi connectivity index (χ0) is 13.1. The van der Waals surface area contributed by atoms with E-state index in [1.165, 1.54) is 16.2 Å². The Balaban J connectivity index is 1.69. The summed E-state index contributed by atoms with van der Waals surface area (Å²) in [5, 5.41) is 5.33. The van der Waals surface area contributed by atoms with E-state index in [1.54, 1.807) is 6.20 Å². The van der Waals surface area contributed by atoms with Gasteiger partial charge in [0.1, 0.15) is 0 Å². The molecule has 1 aliphatic rings. The molecule has 1 aromatic heterocycles. The minimum atomic E-state index is -0.0170. The van der Waals surface area contributed by atoms with E-state index in [1.807, 2.05) is 29.3 Å². The van der Waals surface area contributed by atoms with Crippen molar-refractivity contribution in [1.82, 2.24) is 4.98 Å². The molecule has 0 saturated heterocycles. The predicted molar refractivity (Wildman–Crippen MR) is 80.1 cm³/mol. The van der Waals surface area contributed by atoms with Gasteiger partial charge in [0, 0.05) is 28.8 Å². The largest absolute Gasteiger partial charge is 0.360 e. The fourth-order valence-corrected chi connectivity index (χ4v) is 3.60. The van der Waals surface area contributed by atoms with Gasteiger partial charge in [-0.2, -0.15) is 0 Å². The van der Waals surface area contributed by atoms with E-state index in [-0.39, 0.29) is 5.91 Å². The van der Waals surface area contributed by atoms with Gasteiger partial charge in [-0.05, 0) is 12.1 Å². The minimum absolute atomic E-state index is 0.0170. The Morgan fingerprint density at radius 1 is 1.42 bits per heavy atom. The predicted octanol–water partition coefficient (Wildman–Crippen LogP) is 2.69. The smallest absolute Gasteiger partial charge is 0.245 e. The first-order valence-corrected chi connectivity index (χ1v) is 7.85. The molecule has 98 valence electrons. The second kappa shape index (κ2) is 5.63. The van der Waals surface area contributed by atoms with Gasteiger partial charge in [0.15, 0.2) is 5.13 Å². The van der Waals surface area contributed by atoms with Crippen LogP contribution in [-0.2, 0) is 4.79 Å². The lowest BCUT2D eigenvalue weighted by Gasteiger charge is -2.29. The molecule has 0 spiro atoms. The normalized spacial score (nSPS) is 14.0. The molecular weight excluding hydrogens is 278 g/mol. The van der Waals surface area contributed by atoms with E-state index in [2.05, 4.69) is 27.3 Å². The van der Waals surface area contributed by atoms with Crippen LogP contribution in [0.2, 0.25) is 0 Å². The summed E-state index contributed by atoms with van der Waals surface area (Å²) in [7, 11) is 0. The number of fused-ring (bicyclic) bond motifs is 1. The standard InChI is InChI=1S/C13H13N3OS2/c17-12(15-13-14-5-7-19-13)9-16-6-8-18-11-4-2-1-3-10(11)16/h1-5,7H,6,8-9H2,(H,14,15,17). The third-order valence-corrected chi connectivity index (χ3v) is 4.57. The van der Waals surface area contributed by atoms with Crippen LogP contribution in [0.25, 0.3) is 0 Å². The van der Waals surface area contributed by atoms with Crippen molar-refractivity contribution in [1.29, 1.82) is 0 Å². The molecule has 0 aliphatic carbocycles. The molecular formula is C13H13N3OS2. The molecule has 2 aromatic rings. The Morgan fingerprint density at radius 2 is 2.32 bits per heavy atom. The molecule has 0 unspecified atom stereocenters. The maximum Gasteiger partial charge on any atom is 0.245 e. The fourth-order valence-electron chi connectivity index (χ4n) is 2.01. The van der Waals surface area contributed by atoms with Crippen LogP contribution < -0.4 is 10.2 Å². The van der Waals surface area contributed by atoms with Gasteiger partial charge in [-0.3, -0.25) is 4.79 Å². The number of para-hydroxylation sites is 1. The number of hydrogen-bond acceptors (Lipinski definition) is 5. The number of rotatable bonds is 3. The zero-order valence-corrected chi connectivity index (χ0v) is 11.8. The quantitative estimate of drug-likeness (QED) is 0.944. The highest BCUT2D eigenvalue weighted by Gasteiger charge is 2.19. The van der Waals surface area contributed by atoms with Crippen LogP contribution in [0.5, 0.6) is 0 Å². The highest BCUT2D eigenvalue weighted by Crippen LogP contribution is 2.33. The molecule has 1 aliphatic heterocycles. The van der Waals surface area contributed by atoms with Crippen molar-refractivity contribution in [3.8, 4) is 0 Å². The molecule has 0 saturated carbocycles. The first-order valence-electron chi connectivity index (χ1n) is 5.99. The molecule has 0 fully saturated rings. The number of thioether (sulfide) groups is 1. The van der Waals surface area contributed by atoms with Crippen LogP contribution in [0, 0.1) is 0 Å². The highest BCUT2D eigenvalue weighted by molar-refractivity contribution is 7.99. The lowest BCUT2D eigenvalue weighted by atomic mass is 10.2. The molecule has 4 nitrogen and oxygen atoms in total. The number of nitrogens with one attached hydrogen (secondary N) is 1. The summed E-state index contributed by atoms with van der Waals surface area (Å²) in [6, 6.07) is 8.21. The van der Waals surface area contributed by atoms with Crippen molar-refractivity contribution in [3.63, 3.8) is 0 Å². The monoisotopic (exact) mass is 291 g/mol. The zero-order valence-electron chi connectivity index (χ0n) is 10.2. The third-order valence-electron chi connectivity index (χ3n) is 2.84. The van der Waals surface area contributed by atoms with E-state index < -0.39 is 0 Å². The molecule has 0 atom stereocenters. The van der Waals surface area contributed by atoms with E-state index >= 15 is 0 Å². The van der Waals surface area contributed by atoms with E-state index in [0.717, 1.165) is 18.0 Å². The average Bonchev–Trinajstić information content (AvgIpc) is 2.92. The number of nitrogens with zero attached hydrogens (tertiary/aromatic N) is 2. The van der Waals surface area contributed by atoms with Crippen LogP contribution in [0.4, 0.5) is 10.8 Å². The molecule has 1 N–H and O–H groups in total. The van der Waals surface area contributed by atoms with Crippen LogP contribution >= 0.6 is 23.1 Å². The Hall–Kier alpha value is -1.53. The van der Waals surface area contributed by atoms with E-state index in [4.69, 9.17) is 0 Å². The van der Waals surface area contributed by atoms with Crippen molar-refractivity contribution >= 4 is 39.8 Å². The summed E-state index contributed by atoms with van der Waals surface area (Å²) < 4.78 is 0. The van der Waals surface area contributed by atoms with E-state index in [0.29, 0.717) is 11.7 Å². The van der Waals surface area contributed by atoms with Crippen molar-refractivity contribution in [2.75, 3.05) is 29.1 Å². The van der Waals surface area contributed by atoms with Crippen molar-refractivity contribution in [3.05, 3.63) is 35.8 Å². The summed E-state index contributed by atoms with van der Waals surface area (Å²) in [5.41, 5.74) is 1.15. The molecule has 2 heterocycles. The van der Waals surface area contributed by atoms with Gasteiger partial charge < -0.3 is 10.2 Å². The van der Waals surface area contributed by atoms with Crippen LogP contribution in [-0.4, -0.2) is 29.7 Å². The summed E-state index contributed by atoms with van der Waals surface area (Å²) in [5.74, 6) is 0.998. The number of amides is 1. The average molecular weight is 291 g/mol. The number of anilines is 2. The third kappa shape index (κ3) is 2.90. The van der Waals surface area contributed by atoms with Gasteiger partial charge >= 0.3 is 0 Å². The fraction of sp³-hybridized carbons (Fsp3) is 0.231. The number of benzene rings is 1. The van der Waals surface area contributed by atoms with Crippen molar-refractivity contribution in [2.45, 2.75) is 4.90 Å². The van der Waals surface area contributed by atoms with Gasteiger partial charge in [0.2, 0.25) is 5.91 Å². The molecule has 3 rings (SSSR count). The molecule has 19 heavy (non-hydrogen) atoms. The molecule has 1 amide bonds. The maximum absolute atomic E-state index is 12.0.